The van der Waals surface area contributed by atoms with E-state index in [1.165, 1.54) is 19.1 Å². The van der Waals surface area contributed by atoms with E-state index < -0.39 is 0 Å². The predicted molar refractivity (Wildman–Crippen MR) is 130 cm³/mol. The minimum absolute atomic E-state index is 0.0501. The highest BCUT2D eigenvalue weighted by atomic mass is 19.1. The summed E-state index contributed by atoms with van der Waals surface area (Å²) in [5.41, 5.74) is 2.53. The molecule has 3 aromatic rings. The van der Waals surface area contributed by atoms with Gasteiger partial charge in [0.2, 0.25) is 11.8 Å². The van der Waals surface area contributed by atoms with Gasteiger partial charge in [-0.1, -0.05) is 36.4 Å². The number of hydrogen-bond acceptors (Lipinski definition) is 3. The number of anilines is 1. The topological polar surface area (TPSA) is 52.7 Å². The number of piperazine rings is 1. The third-order valence-corrected chi connectivity index (χ3v) is 5.95. The van der Waals surface area contributed by atoms with E-state index in [0.29, 0.717) is 12.2 Å². The normalized spacial score (nSPS) is 16.9. The number of fused-ring (bicyclic) bond motifs is 1. The van der Waals surface area contributed by atoms with Crippen LogP contribution in [0.2, 0.25) is 0 Å². The van der Waals surface area contributed by atoms with Crippen molar-refractivity contribution >= 4 is 34.4 Å². The van der Waals surface area contributed by atoms with Crippen molar-refractivity contribution in [1.82, 2.24) is 9.80 Å². The third kappa shape index (κ3) is 5.65. The van der Waals surface area contributed by atoms with Gasteiger partial charge >= 0.3 is 0 Å². The van der Waals surface area contributed by atoms with Crippen LogP contribution in [0.15, 0.2) is 66.7 Å². The van der Waals surface area contributed by atoms with Crippen LogP contribution in [0, 0.1) is 5.82 Å². The van der Waals surface area contributed by atoms with Crippen molar-refractivity contribution in [2.45, 2.75) is 26.4 Å². The highest BCUT2D eigenvalue weighted by Gasteiger charge is 2.26. The number of benzene rings is 3. The molecule has 2 amide bonds. The van der Waals surface area contributed by atoms with Crippen LogP contribution in [0.3, 0.4) is 0 Å². The number of carbonyl (C=O) groups is 2. The first kappa shape index (κ1) is 22.7. The van der Waals surface area contributed by atoms with E-state index in [-0.39, 0.29) is 23.7 Å². The molecule has 0 aliphatic carbocycles. The first-order valence-electron chi connectivity index (χ1n) is 11.1. The van der Waals surface area contributed by atoms with Gasteiger partial charge in [-0.3, -0.25) is 14.5 Å². The predicted octanol–water partition coefficient (Wildman–Crippen LogP) is 4.68. The molecule has 5 nitrogen and oxygen atoms in total. The zero-order chi connectivity index (χ0) is 23.4. The highest BCUT2D eigenvalue weighted by Crippen LogP contribution is 2.26. The van der Waals surface area contributed by atoms with Gasteiger partial charge in [0.05, 0.1) is 0 Å². The Balaban J connectivity index is 1.44. The quantitative estimate of drug-likeness (QED) is 0.580. The van der Waals surface area contributed by atoms with Crippen LogP contribution in [-0.4, -0.2) is 47.3 Å². The molecule has 0 radical (unpaired) electrons. The minimum atomic E-state index is -0.234. The van der Waals surface area contributed by atoms with Crippen molar-refractivity contribution in [3.05, 3.63) is 83.7 Å². The average molecular weight is 446 g/mol. The Morgan fingerprint density at radius 2 is 1.76 bits per heavy atom. The first-order chi connectivity index (χ1) is 15.9. The van der Waals surface area contributed by atoms with E-state index in [4.69, 9.17) is 0 Å². The molecule has 6 heteroatoms. The Hall–Kier alpha value is -3.51. The average Bonchev–Trinajstić information content (AvgIpc) is 2.78. The van der Waals surface area contributed by atoms with Crippen LogP contribution in [0.1, 0.15) is 25.0 Å². The molecule has 0 spiro atoms. The zero-order valence-electron chi connectivity index (χ0n) is 18.9. The van der Waals surface area contributed by atoms with Gasteiger partial charge in [0.15, 0.2) is 0 Å². The van der Waals surface area contributed by atoms with Crippen LogP contribution in [0.4, 0.5) is 10.1 Å². The lowest BCUT2D eigenvalue weighted by molar-refractivity contribution is -0.130. The second-order valence-electron chi connectivity index (χ2n) is 8.54. The fourth-order valence-electron chi connectivity index (χ4n) is 4.30. The third-order valence-electron chi connectivity index (χ3n) is 5.95. The van der Waals surface area contributed by atoms with Gasteiger partial charge in [0, 0.05) is 50.9 Å². The zero-order valence-corrected chi connectivity index (χ0v) is 18.9. The lowest BCUT2D eigenvalue weighted by atomic mass is 10.0. The molecular weight excluding hydrogens is 417 g/mol. The summed E-state index contributed by atoms with van der Waals surface area (Å²) in [6.07, 6.45) is 3.36. The number of nitrogens with zero attached hydrogens (tertiary/aromatic N) is 2. The maximum absolute atomic E-state index is 13.1. The van der Waals surface area contributed by atoms with Gasteiger partial charge in [-0.2, -0.15) is 0 Å². The van der Waals surface area contributed by atoms with E-state index in [2.05, 4.69) is 10.2 Å². The molecule has 1 N–H and O–H groups in total. The molecule has 1 unspecified atom stereocenters. The lowest BCUT2D eigenvalue weighted by Crippen LogP contribution is -2.53. The Labute approximate surface area is 193 Å². The molecule has 0 bridgehead atoms. The summed E-state index contributed by atoms with van der Waals surface area (Å²) < 4.78 is 13.1. The van der Waals surface area contributed by atoms with E-state index in [0.717, 1.165) is 41.5 Å². The van der Waals surface area contributed by atoms with Gasteiger partial charge in [0.25, 0.3) is 0 Å². The van der Waals surface area contributed by atoms with Gasteiger partial charge < -0.3 is 10.2 Å². The molecule has 33 heavy (non-hydrogen) atoms. The monoisotopic (exact) mass is 445 g/mol. The van der Waals surface area contributed by atoms with Crippen LogP contribution in [0.5, 0.6) is 0 Å². The molecule has 0 aromatic heterocycles. The molecule has 1 heterocycles. The smallest absolute Gasteiger partial charge is 0.246 e. The summed E-state index contributed by atoms with van der Waals surface area (Å²) in [7, 11) is 0. The summed E-state index contributed by atoms with van der Waals surface area (Å²) in [4.78, 5) is 28.8. The van der Waals surface area contributed by atoms with Crippen LogP contribution >= 0.6 is 0 Å². The number of halogens is 1. The number of carbonyl (C=O) groups excluding carboxylic acids is 2. The minimum Gasteiger partial charge on any atom is -0.334 e. The molecule has 1 atom stereocenters. The molecule has 170 valence electrons. The largest absolute Gasteiger partial charge is 0.334 e. The van der Waals surface area contributed by atoms with Crippen LogP contribution < -0.4 is 5.32 Å². The Bertz CT molecular complexity index is 1190. The Morgan fingerprint density at radius 1 is 1.06 bits per heavy atom. The van der Waals surface area contributed by atoms with Crippen molar-refractivity contribution < 1.29 is 14.0 Å². The number of rotatable bonds is 5. The number of hydrogen-bond donors (Lipinski definition) is 1. The highest BCUT2D eigenvalue weighted by molar-refractivity contribution is 5.99. The number of amides is 2. The van der Waals surface area contributed by atoms with Crippen LogP contribution in [0.25, 0.3) is 16.8 Å². The van der Waals surface area contributed by atoms with Gasteiger partial charge in [-0.05, 0) is 59.2 Å². The molecule has 1 aliphatic rings. The van der Waals surface area contributed by atoms with Crippen LogP contribution in [-0.2, 0) is 16.1 Å². The second-order valence-corrected chi connectivity index (χ2v) is 8.54. The van der Waals surface area contributed by atoms with E-state index in [9.17, 15) is 14.0 Å². The fraction of sp³-hybridized carbons (Fsp3) is 0.259. The Morgan fingerprint density at radius 3 is 2.42 bits per heavy atom. The number of nitrogens with one attached hydrogen (secondary N) is 1. The summed E-state index contributed by atoms with van der Waals surface area (Å²) in [6, 6.07) is 18.4. The molecule has 3 aromatic carbocycles. The second kappa shape index (κ2) is 9.96. The van der Waals surface area contributed by atoms with Crippen molar-refractivity contribution in [1.29, 1.82) is 0 Å². The van der Waals surface area contributed by atoms with Crippen molar-refractivity contribution in [2.75, 3.05) is 25.0 Å². The van der Waals surface area contributed by atoms with Gasteiger partial charge in [-0.15, -0.1) is 0 Å². The van der Waals surface area contributed by atoms with Crippen molar-refractivity contribution in [3.63, 3.8) is 0 Å². The Kier molecular flexibility index (Phi) is 6.84. The summed E-state index contributed by atoms with van der Waals surface area (Å²) in [5, 5.41) is 4.93. The maximum atomic E-state index is 13.1. The van der Waals surface area contributed by atoms with E-state index in [1.807, 2.05) is 48.2 Å². The molecule has 1 fully saturated rings. The first-order valence-corrected chi connectivity index (χ1v) is 11.1. The van der Waals surface area contributed by atoms with Gasteiger partial charge in [-0.25, -0.2) is 4.39 Å². The molecule has 0 saturated carbocycles. The molecule has 4 rings (SSSR count). The lowest BCUT2D eigenvalue weighted by Gasteiger charge is -2.39. The van der Waals surface area contributed by atoms with Crippen molar-refractivity contribution in [3.8, 4) is 0 Å². The summed E-state index contributed by atoms with van der Waals surface area (Å²) >= 11 is 0. The molecular formula is C27H28FN3O2. The molecule has 1 aliphatic heterocycles. The SMILES string of the molecule is CC(=O)Nc1cc2ccccc2cc1/C=C/C(=O)N1CCN(Cc2ccc(F)cc2)CC1C. The van der Waals surface area contributed by atoms with Crippen molar-refractivity contribution in [2.24, 2.45) is 0 Å². The van der Waals surface area contributed by atoms with E-state index >= 15 is 0 Å². The fourth-order valence-corrected chi connectivity index (χ4v) is 4.30. The standard InChI is InChI=1S/C27H28FN3O2/c1-19-17-30(18-21-7-10-25(28)11-8-21)13-14-31(19)27(33)12-9-24-15-22-5-3-4-6-23(22)16-26(24)29-20(2)32/h3-12,15-16,19H,13-14,17-18H2,1-2H3,(H,29,32)/b12-9+. The summed E-state index contributed by atoms with van der Waals surface area (Å²) in [6.45, 7) is 6.39. The molecule has 1 saturated heterocycles. The van der Waals surface area contributed by atoms with E-state index in [1.54, 1.807) is 24.3 Å². The maximum Gasteiger partial charge on any atom is 0.246 e. The van der Waals surface area contributed by atoms with Gasteiger partial charge in [0.1, 0.15) is 5.82 Å². The summed E-state index contributed by atoms with van der Waals surface area (Å²) in [5.74, 6) is -0.439.